The van der Waals surface area contributed by atoms with Crippen molar-refractivity contribution in [2.24, 2.45) is 11.3 Å². The van der Waals surface area contributed by atoms with Crippen LogP contribution in [0.25, 0.3) is 0 Å². The lowest BCUT2D eigenvalue weighted by Gasteiger charge is -2.30. The zero-order chi connectivity index (χ0) is 15.5. The van der Waals surface area contributed by atoms with Crippen LogP contribution in [-0.2, 0) is 0 Å². The standard InChI is InChI=1S/C18H29FN2/c1-5-20-17(15-8-6-7-9-16(15)19)14(2)12-21-11-10-18(3,4)13-21/h6-9,14,17,20H,5,10-13H2,1-4H3. The van der Waals surface area contributed by atoms with Gasteiger partial charge in [-0.2, -0.15) is 0 Å². The minimum atomic E-state index is -0.1000. The van der Waals surface area contributed by atoms with E-state index in [9.17, 15) is 4.39 Å². The van der Waals surface area contributed by atoms with Crippen LogP contribution < -0.4 is 5.32 Å². The van der Waals surface area contributed by atoms with Crippen LogP contribution in [0.3, 0.4) is 0 Å². The number of rotatable bonds is 6. The zero-order valence-corrected chi connectivity index (χ0v) is 13.8. The molecule has 118 valence electrons. The van der Waals surface area contributed by atoms with Crippen molar-refractivity contribution in [3.8, 4) is 0 Å². The predicted molar refractivity (Wildman–Crippen MR) is 86.8 cm³/mol. The summed E-state index contributed by atoms with van der Waals surface area (Å²) in [6.07, 6.45) is 1.26. The Hall–Kier alpha value is -0.930. The summed E-state index contributed by atoms with van der Waals surface area (Å²) in [5.74, 6) is 0.285. The van der Waals surface area contributed by atoms with Crippen LogP contribution in [0.1, 0.15) is 45.7 Å². The maximum atomic E-state index is 14.1. The molecular weight excluding hydrogens is 263 g/mol. The number of hydrogen-bond donors (Lipinski definition) is 1. The molecular formula is C18H29FN2. The average molecular weight is 292 g/mol. The fourth-order valence-corrected chi connectivity index (χ4v) is 3.46. The lowest BCUT2D eigenvalue weighted by atomic mass is 9.92. The van der Waals surface area contributed by atoms with Crippen molar-refractivity contribution in [2.45, 2.75) is 40.2 Å². The van der Waals surface area contributed by atoms with E-state index in [0.29, 0.717) is 11.3 Å². The molecule has 1 N–H and O–H groups in total. The molecule has 1 aromatic rings. The SMILES string of the molecule is CCNC(c1ccccc1F)C(C)CN1CCC(C)(C)C1. The van der Waals surface area contributed by atoms with Crippen molar-refractivity contribution in [3.63, 3.8) is 0 Å². The second-order valence-corrected chi connectivity index (χ2v) is 7.18. The minimum absolute atomic E-state index is 0.0833. The lowest BCUT2D eigenvalue weighted by Crippen LogP contribution is -2.36. The maximum Gasteiger partial charge on any atom is 0.127 e. The van der Waals surface area contributed by atoms with Crippen LogP contribution >= 0.6 is 0 Å². The monoisotopic (exact) mass is 292 g/mol. The first-order valence-electron chi connectivity index (χ1n) is 8.13. The summed E-state index contributed by atoms with van der Waals surface area (Å²) >= 11 is 0. The van der Waals surface area contributed by atoms with Crippen molar-refractivity contribution in [2.75, 3.05) is 26.2 Å². The van der Waals surface area contributed by atoms with Crippen LogP contribution in [0, 0.1) is 17.2 Å². The molecule has 21 heavy (non-hydrogen) atoms. The van der Waals surface area contributed by atoms with Crippen molar-refractivity contribution in [1.29, 1.82) is 0 Å². The molecule has 2 unspecified atom stereocenters. The van der Waals surface area contributed by atoms with Gasteiger partial charge in [0.25, 0.3) is 0 Å². The smallest absolute Gasteiger partial charge is 0.127 e. The molecule has 1 heterocycles. The summed E-state index contributed by atoms with van der Waals surface area (Å²) in [7, 11) is 0. The maximum absolute atomic E-state index is 14.1. The van der Waals surface area contributed by atoms with Gasteiger partial charge in [-0.15, -0.1) is 0 Å². The third-order valence-corrected chi connectivity index (χ3v) is 4.54. The Morgan fingerprint density at radius 2 is 2.05 bits per heavy atom. The molecule has 2 rings (SSSR count). The van der Waals surface area contributed by atoms with Gasteiger partial charge in [0, 0.05) is 24.7 Å². The Labute approximate surface area is 128 Å². The Balaban J connectivity index is 2.06. The number of nitrogens with zero attached hydrogens (tertiary/aromatic N) is 1. The third kappa shape index (κ3) is 4.27. The second-order valence-electron chi connectivity index (χ2n) is 7.18. The molecule has 1 aliphatic rings. The topological polar surface area (TPSA) is 15.3 Å². The quantitative estimate of drug-likeness (QED) is 0.857. The summed E-state index contributed by atoms with van der Waals surface area (Å²) in [4.78, 5) is 2.52. The van der Waals surface area contributed by atoms with E-state index in [4.69, 9.17) is 0 Å². The predicted octanol–water partition coefficient (Wildman–Crippen LogP) is 3.84. The van der Waals surface area contributed by atoms with Gasteiger partial charge in [-0.1, -0.05) is 45.9 Å². The van der Waals surface area contributed by atoms with Crippen molar-refractivity contribution >= 4 is 0 Å². The van der Waals surface area contributed by atoms with Crippen LogP contribution in [0.2, 0.25) is 0 Å². The largest absolute Gasteiger partial charge is 0.310 e. The minimum Gasteiger partial charge on any atom is -0.310 e. The first-order valence-corrected chi connectivity index (χ1v) is 8.13. The molecule has 1 aromatic carbocycles. The van der Waals surface area contributed by atoms with Crippen LogP contribution in [0.5, 0.6) is 0 Å². The Kier molecular flexibility index (Phi) is 5.39. The number of halogens is 1. The molecule has 2 atom stereocenters. The highest BCUT2D eigenvalue weighted by molar-refractivity contribution is 5.22. The van der Waals surface area contributed by atoms with Gasteiger partial charge in [-0.25, -0.2) is 4.39 Å². The highest BCUT2D eigenvalue weighted by Gasteiger charge is 2.31. The van der Waals surface area contributed by atoms with Crippen molar-refractivity contribution < 1.29 is 4.39 Å². The molecule has 0 spiro atoms. The fourth-order valence-electron chi connectivity index (χ4n) is 3.46. The van der Waals surface area contributed by atoms with Gasteiger partial charge < -0.3 is 10.2 Å². The van der Waals surface area contributed by atoms with Crippen LogP contribution in [-0.4, -0.2) is 31.1 Å². The number of benzene rings is 1. The highest BCUT2D eigenvalue weighted by Crippen LogP contribution is 2.31. The highest BCUT2D eigenvalue weighted by atomic mass is 19.1. The van der Waals surface area contributed by atoms with E-state index in [1.807, 2.05) is 12.1 Å². The Bertz CT molecular complexity index is 458. The van der Waals surface area contributed by atoms with E-state index < -0.39 is 0 Å². The van der Waals surface area contributed by atoms with Crippen LogP contribution in [0.15, 0.2) is 24.3 Å². The Morgan fingerprint density at radius 3 is 2.62 bits per heavy atom. The molecule has 0 aliphatic carbocycles. The van der Waals surface area contributed by atoms with E-state index in [1.54, 1.807) is 12.1 Å². The molecule has 0 bridgehead atoms. The molecule has 0 aromatic heterocycles. The first kappa shape index (κ1) is 16.4. The molecule has 0 amide bonds. The third-order valence-electron chi connectivity index (χ3n) is 4.54. The normalized spacial score (nSPS) is 21.4. The summed E-state index contributed by atoms with van der Waals surface area (Å²) in [5, 5.41) is 3.47. The van der Waals surface area contributed by atoms with E-state index in [2.05, 4.69) is 37.9 Å². The zero-order valence-electron chi connectivity index (χ0n) is 13.8. The van der Waals surface area contributed by atoms with E-state index in [-0.39, 0.29) is 11.9 Å². The van der Waals surface area contributed by atoms with Gasteiger partial charge in [0.1, 0.15) is 5.82 Å². The Morgan fingerprint density at radius 1 is 1.33 bits per heavy atom. The summed E-state index contributed by atoms with van der Waals surface area (Å²) in [6.45, 7) is 13.2. The fraction of sp³-hybridized carbons (Fsp3) is 0.667. The average Bonchev–Trinajstić information content (AvgIpc) is 2.76. The van der Waals surface area contributed by atoms with Gasteiger partial charge in [0.15, 0.2) is 0 Å². The lowest BCUT2D eigenvalue weighted by molar-refractivity contribution is 0.226. The second kappa shape index (κ2) is 6.89. The van der Waals surface area contributed by atoms with Crippen molar-refractivity contribution in [1.82, 2.24) is 10.2 Å². The molecule has 3 heteroatoms. The first-order chi connectivity index (χ1) is 9.93. The number of likely N-dealkylation sites (tertiary alicyclic amines) is 1. The van der Waals surface area contributed by atoms with E-state index >= 15 is 0 Å². The van der Waals surface area contributed by atoms with Gasteiger partial charge in [0.05, 0.1) is 0 Å². The van der Waals surface area contributed by atoms with Gasteiger partial charge in [-0.05, 0) is 36.9 Å². The summed E-state index contributed by atoms with van der Waals surface area (Å²) in [6, 6.07) is 7.24. The molecule has 1 aliphatic heterocycles. The van der Waals surface area contributed by atoms with E-state index in [1.165, 1.54) is 6.42 Å². The molecule has 0 radical (unpaired) electrons. The van der Waals surface area contributed by atoms with Gasteiger partial charge >= 0.3 is 0 Å². The summed E-state index contributed by atoms with van der Waals surface area (Å²) < 4.78 is 14.1. The molecule has 2 nitrogen and oxygen atoms in total. The van der Waals surface area contributed by atoms with Crippen molar-refractivity contribution in [3.05, 3.63) is 35.6 Å². The number of nitrogens with one attached hydrogen (secondary N) is 1. The van der Waals surface area contributed by atoms with Gasteiger partial charge in [-0.3, -0.25) is 0 Å². The van der Waals surface area contributed by atoms with Crippen LogP contribution in [0.4, 0.5) is 4.39 Å². The van der Waals surface area contributed by atoms with Gasteiger partial charge in [0.2, 0.25) is 0 Å². The molecule has 1 saturated heterocycles. The molecule has 1 fully saturated rings. The number of hydrogen-bond acceptors (Lipinski definition) is 2. The molecule has 0 saturated carbocycles. The van der Waals surface area contributed by atoms with E-state index in [0.717, 1.165) is 31.7 Å². The summed E-state index contributed by atoms with van der Waals surface area (Å²) in [5.41, 5.74) is 1.22.